The van der Waals surface area contributed by atoms with Crippen molar-refractivity contribution in [2.45, 2.75) is 0 Å². The molecular weight excluding hydrogens is 110 g/mol. The summed E-state index contributed by atoms with van der Waals surface area (Å²) in [6, 6.07) is 0. The summed E-state index contributed by atoms with van der Waals surface area (Å²) in [6.45, 7) is 0. The minimum absolute atomic E-state index is 1.12. The van der Waals surface area contributed by atoms with Gasteiger partial charge in [0, 0.05) is 6.20 Å². The van der Waals surface area contributed by atoms with E-state index in [1.165, 1.54) is 0 Å². The molecule has 1 nitrogen and oxygen atoms in total. The molecule has 0 unspecified atom stereocenters. The first kappa shape index (κ1) is 4.54. The van der Waals surface area contributed by atoms with Crippen LogP contribution in [0.3, 0.4) is 0 Å². The van der Waals surface area contributed by atoms with Crippen LogP contribution in [0.15, 0.2) is 42.4 Å². The van der Waals surface area contributed by atoms with Crippen LogP contribution in [0.25, 0.3) is 0 Å². The summed E-state index contributed by atoms with van der Waals surface area (Å²) in [6.07, 6.45) is 15.0. The van der Waals surface area contributed by atoms with Gasteiger partial charge in [-0.3, -0.25) is 0 Å². The van der Waals surface area contributed by atoms with E-state index >= 15 is 0 Å². The van der Waals surface area contributed by atoms with Gasteiger partial charge in [-0.15, -0.1) is 0 Å². The van der Waals surface area contributed by atoms with Crippen LogP contribution >= 0.6 is 0 Å². The molecule has 2 heterocycles. The van der Waals surface area contributed by atoms with Crippen molar-refractivity contribution >= 4 is 0 Å². The predicted molar refractivity (Wildman–Crippen MR) is 36.0 cm³/mol. The Morgan fingerprint density at radius 3 is 3.11 bits per heavy atom. The van der Waals surface area contributed by atoms with Crippen molar-refractivity contribution in [2.75, 3.05) is 0 Å². The van der Waals surface area contributed by atoms with Crippen molar-refractivity contribution in [3.63, 3.8) is 0 Å². The summed E-state index contributed by atoms with van der Waals surface area (Å²) >= 11 is 0. The van der Waals surface area contributed by atoms with Gasteiger partial charge in [0.15, 0.2) is 0 Å². The molecule has 0 aromatic heterocycles. The first-order valence-corrected chi connectivity index (χ1v) is 2.90. The van der Waals surface area contributed by atoms with E-state index < -0.39 is 0 Å². The van der Waals surface area contributed by atoms with Gasteiger partial charge >= 0.3 is 0 Å². The summed E-state index contributed by atoms with van der Waals surface area (Å²) in [5.74, 6) is 0. The van der Waals surface area contributed by atoms with Gasteiger partial charge in [-0.1, -0.05) is 0 Å². The van der Waals surface area contributed by atoms with Gasteiger partial charge in [0.1, 0.15) is 12.3 Å². The Labute approximate surface area is 54.3 Å². The Balaban J connectivity index is 2.40. The van der Waals surface area contributed by atoms with Crippen LogP contribution in [0.1, 0.15) is 0 Å². The third-order valence-corrected chi connectivity index (χ3v) is 1.36. The highest BCUT2D eigenvalue weighted by Gasteiger charge is 2.15. The largest absolute Gasteiger partial charge is 0.241 e. The summed E-state index contributed by atoms with van der Waals surface area (Å²) in [5.41, 5.74) is 1.12. The zero-order chi connectivity index (χ0) is 6.10. The van der Waals surface area contributed by atoms with Crippen LogP contribution in [0.5, 0.6) is 0 Å². The number of fused-ring (bicyclic) bond motifs is 1. The lowest BCUT2D eigenvalue weighted by molar-refractivity contribution is 0.659. The maximum absolute atomic E-state index is 3.08. The number of allylic oxidation sites excluding steroid dienone is 5. The Bertz CT molecular complexity index is 231. The summed E-state index contributed by atoms with van der Waals surface area (Å²) in [5, 5.41) is 0. The molecule has 0 atom stereocenters. The van der Waals surface area contributed by atoms with E-state index in [-0.39, 0.29) is 0 Å². The predicted octanol–water partition coefficient (Wildman–Crippen LogP) is 1.59. The average molecular weight is 116 g/mol. The van der Waals surface area contributed by atoms with Gasteiger partial charge in [0.25, 0.3) is 0 Å². The number of nitrogens with zero attached hydrogens (tertiary/aromatic N) is 1. The van der Waals surface area contributed by atoms with E-state index in [2.05, 4.69) is 6.08 Å². The summed E-state index contributed by atoms with van der Waals surface area (Å²) in [4.78, 5) is 2.03. The minimum Gasteiger partial charge on any atom is -0.241 e. The average Bonchev–Trinajstić information content (AvgIpc) is 2.33. The Kier molecular flexibility index (Phi) is 0.794. The second-order valence-electron chi connectivity index (χ2n) is 1.95. The molecule has 0 fully saturated rings. The zero-order valence-corrected chi connectivity index (χ0v) is 4.91. The fourth-order valence-electron chi connectivity index (χ4n) is 0.911. The summed E-state index contributed by atoms with van der Waals surface area (Å²) < 4.78 is 0. The highest BCUT2D eigenvalue weighted by atomic mass is 15.1. The number of rotatable bonds is 0. The lowest BCUT2D eigenvalue weighted by Crippen LogP contribution is -2.05. The highest BCUT2D eigenvalue weighted by molar-refractivity contribution is 5.33. The van der Waals surface area contributed by atoms with Crippen molar-refractivity contribution in [1.29, 1.82) is 0 Å². The Morgan fingerprint density at radius 1 is 1.22 bits per heavy atom. The quantitative estimate of drug-likeness (QED) is 0.434. The molecule has 0 saturated heterocycles. The normalized spacial score (nSPS) is 19.6. The smallest absolute Gasteiger partial charge is 0.224 e. The van der Waals surface area contributed by atoms with Gasteiger partial charge in [-0.25, -0.2) is 4.90 Å². The van der Waals surface area contributed by atoms with Gasteiger partial charge < -0.3 is 0 Å². The maximum Gasteiger partial charge on any atom is 0.224 e. The van der Waals surface area contributed by atoms with Gasteiger partial charge in [-0.2, -0.15) is 0 Å². The molecule has 0 bridgehead atoms. The van der Waals surface area contributed by atoms with Crippen LogP contribution in [0.4, 0.5) is 0 Å². The maximum atomic E-state index is 3.08. The van der Waals surface area contributed by atoms with E-state index in [0.29, 0.717) is 0 Å². The molecule has 0 amide bonds. The van der Waals surface area contributed by atoms with Gasteiger partial charge in [0.2, 0.25) is 5.70 Å². The molecule has 0 aromatic carbocycles. The Hall–Kier alpha value is -1.33. The van der Waals surface area contributed by atoms with Crippen LogP contribution in [0.2, 0.25) is 0 Å². The van der Waals surface area contributed by atoms with E-state index in [1.807, 2.05) is 41.6 Å². The second-order valence-corrected chi connectivity index (χ2v) is 1.95. The zero-order valence-electron chi connectivity index (χ0n) is 4.91. The first-order valence-electron chi connectivity index (χ1n) is 2.90. The van der Waals surface area contributed by atoms with Crippen molar-refractivity contribution < 1.29 is 0 Å². The minimum atomic E-state index is 1.12. The van der Waals surface area contributed by atoms with E-state index in [4.69, 9.17) is 0 Å². The molecule has 0 N–H and O–H groups in total. The van der Waals surface area contributed by atoms with Crippen LogP contribution in [0, 0.1) is 6.08 Å². The topological polar surface area (TPSA) is 3.24 Å². The van der Waals surface area contributed by atoms with E-state index in [1.54, 1.807) is 0 Å². The van der Waals surface area contributed by atoms with Gasteiger partial charge in [0.05, 0.1) is 12.2 Å². The molecule has 0 saturated carbocycles. The van der Waals surface area contributed by atoms with E-state index in [0.717, 1.165) is 5.70 Å². The molecule has 9 heavy (non-hydrogen) atoms. The third-order valence-electron chi connectivity index (χ3n) is 1.36. The first-order chi connectivity index (χ1) is 4.47. The standard InChI is InChI=1S/C8H6N/c1-2-6-9-7-3-5-8(9)4-1/h1-4,6-7H/q+1. The highest BCUT2D eigenvalue weighted by Crippen LogP contribution is 2.16. The molecule has 0 spiro atoms. The lowest BCUT2D eigenvalue weighted by atomic mass is 10.3. The third kappa shape index (κ3) is 0.592. The molecule has 42 valence electrons. The molecule has 1 heteroatoms. The van der Waals surface area contributed by atoms with Crippen molar-refractivity contribution in [3.05, 3.63) is 48.5 Å². The fourth-order valence-corrected chi connectivity index (χ4v) is 0.911. The number of hydrogen-bond acceptors (Lipinski definition) is 1. The second kappa shape index (κ2) is 1.57. The van der Waals surface area contributed by atoms with Crippen molar-refractivity contribution in [2.24, 2.45) is 0 Å². The molecular formula is C8H6N+. The van der Waals surface area contributed by atoms with Crippen LogP contribution < -0.4 is 0 Å². The molecule has 0 aromatic rings. The van der Waals surface area contributed by atoms with Gasteiger partial charge in [-0.05, 0) is 12.2 Å². The molecule has 0 aliphatic carbocycles. The van der Waals surface area contributed by atoms with Crippen LogP contribution in [-0.2, 0) is 0 Å². The lowest BCUT2D eigenvalue weighted by Gasteiger charge is -2.04. The van der Waals surface area contributed by atoms with Crippen molar-refractivity contribution in [3.8, 4) is 0 Å². The molecule has 2 rings (SSSR count). The van der Waals surface area contributed by atoms with Crippen molar-refractivity contribution in [1.82, 2.24) is 4.90 Å². The van der Waals surface area contributed by atoms with E-state index in [9.17, 15) is 0 Å². The monoisotopic (exact) mass is 116 g/mol. The number of hydrogen-bond donors (Lipinski definition) is 0. The molecule has 2 aliphatic rings. The molecule has 2 aliphatic heterocycles. The SMILES string of the molecule is [C+]1=C2C=CC=CN2C=C1. The Morgan fingerprint density at radius 2 is 2.22 bits per heavy atom. The summed E-state index contributed by atoms with van der Waals surface area (Å²) in [7, 11) is 0. The fraction of sp³-hybridized carbons (Fsp3) is 0. The molecule has 0 radical (unpaired) electrons. The van der Waals surface area contributed by atoms with Crippen LogP contribution in [-0.4, -0.2) is 4.90 Å².